The van der Waals surface area contributed by atoms with Crippen LogP contribution in [-0.2, 0) is 4.79 Å². The second-order valence-electron chi connectivity index (χ2n) is 5.43. The molecule has 0 radical (unpaired) electrons. The Morgan fingerprint density at radius 2 is 2.00 bits per heavy atom. The fourth-order valence-electron chi connectivity index (χ4n) is 2.84. The van der Waals surface area contributed by atoms with E-state index in [0.717, 1.165) is 13.1 Å². The zero-order valence-electron chi connectivity index (χ0n) is 11.5. The molecular formula is C16H23NO. The average Bonchev–Trinajstić information content (AvgIpc) is 2.37. The van der Waals surface area contributed by atoms with E-state index in [1.54, 1.807) is 6.92 Å². The number of carbonyl (C=O) groups excluding carboxylic acids is 1. The number of rotatable bonds is 4. The Kier molecular flexibility index (Phi) is 4.54. The third-order valence-electron chi connectivity index (χ3n) is 3.74. The van der Waals surface area contributed by atoms with Crippen LogP contribution in [0.3, 0.4) is 0 Å². The molecule has 1 aliphatic rings. The number of hydrogen-bond acceptors (Lipinski definition) is 2. The molecule has 0 aromatic heterocycles. The molecule has 0 aliphatic carbocycles. The van der Waals surface area contributed by atoms with Crippen molar-refractivity contribution in [3.63, 3.8) is 0 Å². The van der Waals surface area contributed by atoms with Crippen molar-refractivity contribution in [3.8, 4) is 0 Å². The number of benzene rings is 1. The smallest absolute Gasteiger partial charge is 0.131 e. The van der Waals surface area contributed by atoms with Crippen molar-refractivity contribution < 1.29 is 4.79 Å². The second kappa shape index (κ2) is 6.14. The van der Waals surface area contributed by atoms with E-state index in [0.29, 0.717) is 6.42 Å². The number of carbonyl (C=O) groups is 1. The van der Waals surface area contributed by atoms with Gasteiger partial charge < -0.3 is 0 Å². The molecule has 1 heterocycles. The summed E-state index contributed by atoms with van der Waals surface area (Å²) in [5.41, 5.74) is 2.57. The molecule has 0 bridgehead atoms. The molecule has 1 unspecified atom stereocenters. The highest BCUT2D eigenvalue weighted by molar-refractivity contribution is 5.76. The fourth-order valence-corrected chi connectivity index (χ4v) is 2.84. The molecule has 1 atom stereocenters. The van der Waals surface area contributed by atoms with E-state index >= 15 is 0 Å². The largest absolute Gasteiger partial charge is 0.300 e. The van der Waals surface area contributed by atoms with Gasteiger partial charge in [0.25, 0.3) is 0 Å². The summed E-state index contributed by atoms with van der Waals surface area (Å²) in [7, 11) is 0. The summed E-state index contributed by atoms with van der Waals surface area (Å²) >= 11 is 0. The quantitative estimate of drug-likeness (QED) is 0.809. The zero-order valence-corrected chi connectivity index (χ0v) is 11.5. The monoisotopic (exact) mass is 245 g/mol. The Labute approximate surface area is 110 Å². The van der Waals surface area contributed by atoms with Crippen LogP contribution in [0.25, 0.3) is 0 Å². The molecule has 98 valence electrons. The Morgan fingerprint density at radius 1 is 1.28 bits per heavy atom. The SMILES string of the molecule is CC(=O)CC(c1cccc(C)c1)N1CCCCC1. The first-order chi connectivity index (χ1) is 8.66. The topological polar surface area (TPSA) is 20.3 Å². The number of likely N-dealkylation sites (tertiary alicyclic amines) is 1. The second-order valence-corrected chi connectivity index (χ2v) is 5.43. The molecule has 18 heavy (non-hydrogen) atoms. The first kappa shape index (κ1) is 13.3. The van der Waals surface area contributed by atoms with Crippen LogP contribution in [-0.4, -0.2) is 23.8 Å². The van der Waals surface area contributed by atoms with Gasteiger partial charge in [-0.1, -0.05) is 36.2 Å². The summed E-state index contributed by atoms with van der Waals surface area (Å²) in [6.45, 7) is 6.08. The van der Waals surface area contributed by atoms with Crippen molar-refractivity contribution in [2.45, 2.75) is 45.6 Å². The Bertz CT molecular complexity index is 407. The third-order valence-corrected chi connectivity index (χ3v) is 3.74. The van der Waals surface area contributed by atoms with Crippen molar-refractivity contribution in [1.29, 1.82) is 0 Å². The molecule has 1 saturated heterocycles. The Hall–Kier alpha value is -1.15. The van der Waals surface area contributed by atoms with Gasteiger partial charge in [-0.15, -0.1) is 0 Å². The van der Waals surface area contributed by atoms with Gasteiger partial charge in [0, 0.05) is 12.5 Å². The average molecular weight is 245 g/mol. The predicted molar refractivity (Wildman–Crippen MR) is 74.6 cm³/mol. The van der Waals surface area contributed by atoms with E-state index in [-0.39, 0.29) is 11.8 Å². The highest BCUT2D eigenvalue weighted by Gasteiger charge is 2.23. The summed E-state index contributed by atoms with van der Waals surface area (Å²) < 4.78 is 0. The predicted octanol–water partition coefficient (Wildman–Crippen LogP) is 3.50. The zero-order chi connectivity index (χ0) is 13.0. The lowest BCUT2D eigenvalue weighted by molar-refractivity contribution is -0.118. The number of hydrogen-bond donors (Lipinski definition) is 0. The van der Waals surface area contributed by atoms with E-state index in [1.165, 1.54) is 30.4 Å². The Balaban J connectivity index is 2.20. The molecule has 1 aromatic rings. The van der Waals surface area contributed by atoms with Crippen molar-refractivity contribution in [1.82, 2.24) is 4.90 Å². The number of ketones is 1. The van der Waals surface area contributed by atoms with Crippen LogP contribution in [0.15, 0.2) is 24.3 Å². The molecule has 0 N–H and O–H groups in total. The van der Waals surface area contributed by atoms with Crippen LogP contribution in [0.2, 0.25) is 0 Å². The maximum Gasteiger partial charge on any atom is 0.131 e. The van der Waals surface area contributed by atoms with Crippen LogP contribution in [0.1, 0.15) is 49.8 Å². The van der Waals surface area contributed by atoms with Gasteiger partial charge in [-0.05, 0) is 45.3 Å². The first-order valence-electron chi connectivity index (χ1n) is 6.97. The van der Waals surface area contributed by atoms with Gasteiger partial charge in [0.2, 0.25) is 0 Å². The number of nitrogens with zero attached hydrogens (tertiary/aromatic N) is 1. The minimum atomic E-state index is 0.280. The van der Waals surface area contributed by atoms with Crippen molar-refractivity contribution in [2.75, 3.05) is 13.1 Å². The van der Waals surface area contributed by atoms with Gasteiger partial charge >= 0.3 is 0 Å². The highest BCUT2D eigenvalue weighted by atomic mass is 16.1. The van der Waals surface area contributed by atoms with E-state index in [4.69, 9.17) is 0 Å². The number of Topliss-reactive ketones (excluding diaryl/α,β-unsaturated/α-hetero) is 1. The van der Waals surface area contributed by atoms with E-state index in [9.17, 15) is 4.79 Å². The summed E-state index contributed by atoms with van der Waals surface area (Å²) in [5.74, 6) is 0.284. The van der Waals surface area contributed by atoms with Crippen molar-refractivity contribution in [2.24, 2.45) is 0 Å². The van der Waals surface area contributed by atoms with Gasteiger partial charge in [0.05, 0.1) is 0 Å². The maximum absolute atomic E-state index is 11.5. The van der Waals surface area contributed by atoms with E-state index in [1.807, 2.05) is 0 Å². The van der Waals surface area contributed by atoms with Gasteiger partial charge in [0.1, 0.15) is 5.78 Å². The molecule has 0 amide bonds. The van der Waals surface area contributed by atoms with Crippen molar-refractivity contribution in [3.05, 3.63) is 35.4 Å². The molecule has 1 aromatic carbocycles. The summed E-state index contributed by atoms with van der Waals surface area (Å²) in [6.07, 6.45) is 4.50. The first-order valence-corrected chi connectivity index (χ1v) is 6.97. The molecular weight excluding hydrogens is 222 g/mol. The van der Waals surface area contributed by atoms with Crippen molar-refractivity contribution >= 4 is 5.78 Å². The van der Waals surface area contributed by atoms with Crippen LogP contribution in [0.4, 0.5) is 0 Å². The highest BCUT2D eigenvalue weighted by Crippen LogP contribution is 2.28. The molecule has 1 aliphatic heterocycles. The molecule has 2 nitrogen and oxygen atoms in total. The van der Waals surface area contributed by atoms with Gasteiger partial charge in [0.15, 0.2) is 0 Å². The Morgan fingerprint density at radius 3 is 2.61 bits per heavy atom. The minimum absolute atomic E-state index is 0.280. The molecule has 0 spiro atoms. The van der Waals surface area contributed by atoms with Crippen LogP contribution < -0.4 is 0 Å². The molecule has 2 heteroatoms. The lowest BCUT2D eigenvalue weighted by atomic mass is 9.96. The van der Waals surface area contributed by atoms with Crippen LogP contribution >= 0.6 is 0 Å². The lowest BCUT2D eigenvalue weighted by Crippen LogP contribution is -2.34. The summed E-state index contributed by atoms with van der Waals surface area (Å²) in [4.78, 5) is 14.0. The van der Waals surface area contributed by atoms with Gasteiger partial charge in [-0.25, -0.2) is 0 Å². The van der Waals surface area contributed by atoms with E-state index in [2.05, 4.69) is 36.1 Å². The molecule has 0 saturated carbocycles. The van der Waals surface area contributed by atoms with Gasteiger partial charge in [-0.3, -0.25) is 9.69 Å². The minimum Gasteiger partial charge on any atom is -0.300 e. The number of aryl methyl sites for hydroxylation is 1. The fraction of sp³-hybridized carbons (Fsp3) is 0.562. The lowest BCUT2D eigenvalue weighted by Gasteiger charge is -2.34. The van der Waals surface area contributed by atoms with Crippen LogP contribution in [0.5, 0.6) is 0 Å². The van der Waals surface area contributed by atoms with E-state index < -0.39 is 0 Å². The van der Waals surface area contributed by atoms with Crippen LogP contribution in [0, 0.1) is 6.92 Å². The normalized spacial score (nSPS) is 18.6. The molecule has 2 rings (SSSR count). The van der Waals surface area contributed by atoms with Gasteiger partial charge in [-0.2, -0.15) is 0 Å². The third kappa shape index (κ3) is 3.42. The standard InChI is InChI=1S/C16H23NO/c1-13-7-6-8-15(11-13)16(12-14(2)18)17-9-4-3-5-10-17/h6-8,11,16H,3-5,9-10,12H2,1-2H3. The molecule has 1 fully saturated rings. The summed E-state index contributed by atoms with van der Waals surface area (Å²) in [5, 5.41) is 0. The maximum atomic E-state index is 11.5. The number of piperidine rings is 1. The summed E-state index contributed by atoms with van der Waals surface area (Å²) in [6, 6.07) is 8.88.